The summed E-state index contributed by atoms with van der Waals surface area (Å²) in [6.07, 6.45) is 5.65. The Hall–Kier alpha value is -15.2. The molecule has 46 heteroatoms. The second kappa shape index (κ2) is 49.4. The second-order valence-electron chi connectivity index (χ2n) is 34.0. The van der Waals surface area contributed by atoms with E-state index in [2.05, 4.69) is 94.1 Å². The fraction of sp³-hybridized carbons (Fsp3) is 0.472. The van der Waals surface area contributed by atoms with E-state index in [4.69, 9.17) is 33.0 Å². The third-order valence-electron chi connectivity index (χ3n) is 23.4. The number of benzene rings is 4. The quantitative estimate of drug-likeness (QED) is 0.00783. The largest absolute Gasteiger partial charge is 0.508 e. The molecule has 2 aliphatic heterocycles. The molecule has 46 nitrogen and oxygen atoms in total. The third-order valence-corrected chi connectivity index (χ3v) is 23.4. The van der Waals surface area contributed by atoms with Crippen LogP contribution in [-0.2, 0) is 97.6 Å². The van der Waals surface area contributed by atoms with Crippen LogP contribution in [0.2, 0.25) is 0 Å². The van der Waals surface area contributed by atoms with Gasteiger partial charge in [-0.25, -0.2) is 14.4 Å². The number of fused-ring (bicyclic) bond motifs is 3. The Morgan fingerprint density at radius 3 is 1.64 bits per heavy atom. The first-order chi connectivity index (χ1) is 64.6. The summed E-state index contributed by atoms with van der Waals surface area (Å²) in [6.45, 7) is 4.59. The molecule has 0 bridgehead atoms. The maximum Gasteiger partial charge on any atom is 0.326 e. The number of unbranched alkanes of at least 4 members (excludes halogenated alkanes) is 2. The number of phenolic OH excluding ortho intramolecular Hbond substituents is 1. The van der Waals surface area contributed by atoms with Crippen molar-refractivity contribution in [3.63, 3.8) is 0 Å². The number of nitrogens with zero attached hydrogens (tertiary/aromatic N) is 6. The molecule has 135 heavy (non-hydrogen) atoms. The van der Waals surface area contributed by atoms with E-state index in [0.717, 1.165) is 16.5 Å². The molecular weight excluding hydrogens is 1750 g/mol. The highest BCUT2D eigenvalue weighted by molar-refractivity contribution is 6.01. The first kappa shape index (κ1) is 102. The number of aliphatic carboxylic acids is 1. The van der Waals surface area contributed by atoms with Crippen molar-refractivity contribution >= 4 is 139 Å². The Morgan fingerprint density at radius 1 is 0.548 bits per heavy atom. The minimum absolute atomic E-state index is 0.00164. The number of nitro groups is 1. The number of carbonyl (C=O) groups is 15. The molecule has 14 amide bonds. The number of hydrogen-bond acceptors (Lipinski definition) is 25. The summed E-state index contributed by atoms with van der Waals surface area (Å²) in [7, 11) is 0. The fourth-order valence-corrected chi connectivity index (χ4v) is 16.3. The molecule has 4 aromatic heterocycles. The zero-order valence-corrected chi connectivity index (χ0v) is 75.0. The van der Waals surface area contributed by atoms with Crippen molar-refractivity contribution < 1.29 is 91.7 Å². The molecule has 26 N–H and O–H groups in total. The van der Waals surface area contributed by atoms with Crippen LogP contribution in [0.1, 0.15) is 152 Å². The van der Waals surface area contributed by atoms with Crippen molar-refractivity contribution in [2.75, 3.05) is 38.0 Å². The molecular formula is C89H118N26O20. The van der Waals surface area contributed by atoms with Gasteiger partial charge in [0.05, 0.1) is 35.2 Å². The van der Waals surface area contributed by atoms with E-state index in [1.54, 1.807) is 50.5 Å². The Kier molecular flexibility index (Phi) is 37.3. The molecule has 724 valence electrons. The third kappa shape index (κ3) is 29.4. The first-order valence-corrected chi connectivity index (χ1v) is 44.9. The van der Waals surface area contributed by atoms with E-state index in [1.807, 2.05) is 31.2 Å². The zero-order chi connectivity index (χ0) is 97.5. The van der Waals surface area contributed by atoms with Crippen LogP contribution in [0.5, 0.6) is 5.75 Å². The van der Waals surface area contributed by atoms with Gasteiger partial charge in [-0.05, 0) is 153 Å². The SMILES string of the molecule is CCCC[C@H](NC(=O)[C@@H]1CCCN1C(=O)[C@H](CCC(N)=O)NC(=O)CNC(=O)[C@@H]1CCCN1C(=O)[C@H](CCCNC(=N)N)NC(=O)[C@H](CC(C)C)NC(=O)[C@H](CCC(N)=O)NC(=O)[C@H](CCCCNc1ccc([N+](=O)[O-])c2nonc12)NC(=O)[C@H](Cc1c[nH]c2ccccc12)NC(=O)[C@H](Cc1c[nH]cn1)NC(=O)[C@@H](N)Cc1c[nH]c2ccccc12)C(=O)N[C@@H](Cc1ccc(O)cc1)C(=O)O. The van der Waals surface area contributed by atoms with Crippen LogP contribution in [-0.4, -0.2) is 255 Å². The van der Waals surface area contributed by atoms with Gasteiger partial charge in [0, 0.05) is 105 Å². The number of aromatic amines is 3. The van der Waals surface area contributed by atoms with Gasteiger partial charge in [-0.2, -0.15) is 0 Å². The van der Waals surface area contributed by atoms with Gasteiger partial charge in [-0.1, -0.05) is 82.1 Å². The number of non-ortho nitro benzene ring substituents is 1. The molecule has 12 atom stereocenters. The number of phenols is 1. The molecule has 4 aromatic carbocycles. The summed E-state index contributed by atoms with van der Waals surface area (Å²) in [5, 5.41) is 80.9. The van der Waals surface area contributed by atoms with Crippen molar-refractivity contribution in [1.29, 1.82) is 5.41 Å². The molecule has 2 aliphatic rings. The number of para-hydroxylation sites is 2. The Balaban J connectivity index is 0.840. The Bertz CT molecular complexity index is 5550. The number of H-pyrrole nitrogens is 3. The van der Waals surface area contributed by atoms with Crippen LogP contribution in [0.15, 0.2) is 114 Å². The highest BCUT2D eigenvalue weighted by atomic mass is 16.6. The number of rotatable bonds is 53. The number of nitrogens with one attached hydrogen (secondary N) is 16. The Morgan fingerprint density at radius 2 is 1.06 bits per heavy atom. The highest BCUT2D eigenvalue weighted by Gasteiger charge is 2.43. The number of carbonyl (C=O) groups excluding carboxylic acids is 14. The number of amides is 14. The maximum absolute atomic E-state index is 15.5. The molecule has 0 radical (unpaired) electrons. The molecule has 8 aromatic rings. The molecule has 6 heterocycles. The van der Waals surface area contributed by atoms with Crippen molar-refractivity contribution in [1.82, 2.24) is 98.5 Å². The number of carboxylic acids is 1. The van der Waals surface area contributed by atoms with Crippen LogP contribution in [0.25, 0.3) is 32.8 Å². The van der Waals surface area contributed by atoms with E-state index < -0.39 is 204 Å². The number of nitrogens with two attached hydrogens (primary N) is 4. The molecule has 0 unspecified atom stereocenters. The molecule has 0 saturated carbocycles. The fourth-order valence-electron chi connectivity index (χ4n) is 16.3. The summed E-state index contributed by atoms with van der Waals surface area (Å²) < 4.78 is 4.84. The molecule has 0 aliphatic carbocycles. The summed E-state index contributed by atoms with van der Waals surface area (Å²) in [6, 6.07) is 5.77. The molecule has 2 fully saturated rings. The van der Waals surface area contributed by atoms with Crippen LogP contribution in [0.3, 0.4) is 0 Å². The predicted octanol–water partition coefficient (Wildman–Crippen LogP) is -0.0208. The lowest BCUT2D eigenvalue weighted by Crippen LogP contribution is -2.60. The van der Waals surface area contributed by atoms with Crippen molar-refractivity contribution in [3.05, 3.63) is 142 Å². The summed E-state index contributed by atoms with van der Waals surface area (Å²) in [5.41, 5.74) is 26.8. The smallest absolute Gasteiger partial charge is 0.326 e. The van der Waals surface area contributed by atoms with Crippen molar-refractivity contribution in [2.45, 2.75) is 228 Å². The van der Waals surface area contributed by atoms with Crippen LogP contribution < -0.4 is 86.7 Å². The normalized spacial score (nSPS) is 15.8. The van der Waals surface area contributed by atoms with Gasteiger partial charge in [0.1, 0.15) is 72.2 Å². The number of anilines is 1. The lowest BCUT2D eigenvalue weighted by molar-refractivity contribution is -0.383. The lowest BCUT2D eigenvalue weighted by Gasteiger charge is -2.31. The van der Waals surface area contributed by atoms with Crippen LogP contribution in [0, 0.1) is 21.4 Å². The molecule has 0 spiro atoms. The number of primary amides is 2. The number of aromatic hydroxyl groups is 1. The van der Waals surface area contributed by atoms with Gasteiger partial charge in [-0.3, -0.25) is 82.6 Å². The van der Waals surface area contributed by atoms with Gasteiger partial charge < -0.3 is 122 Å². The summed E-state index contributed by atoms with van der Waals surface area (Å²) in [4.78, 5) is 240. The molecule has 10 rings (SSSR count). The number of nitro benzene ring substituents is 1. The number of aromatic nitrogens is 6. The van der Waals surface area contributed by atoms with Gasteiger partial charge >= 0.3 is 11.7 Å². The highest BCUT2D eigenvalue weighted by Crippen LogP contribution is 2.30. The number of guanidine groups is 1. The van der Waals surface area contributed by atoms with Gasteiger partial charge in [0.2, 0.25) is 88.2 Å². The van der Waals surface area contributed by atoms with E-state index in [0.29, 0.717) is 52.7 Å². The van der Waals surface area contributed by atoms with Crippen LogP contribution in [0.4, 0.5) is 11.4 Å². The number of carboxylic acid groups (broad SMARTS) is 1. The predicted molar refractivity (Wildman–Crippen MR) is 489 cm³/mol. The minimum Gasteiger partial charge on any atom is -0.508 e. The van der Waals surface area contributed by atoms with E-state index >= 15 is 28.8 Å². The average molecular weight is 1870 g/mol. The molecule has 2 saturated heterocycles. The van der Waals surface area contributed by atoms with Gasteiger partial charge in [0.15, 0.2) is 11.5 Å². The Labute approximate surface area is 774 Å². The number of hydrogen-bond donors (Lipinski definition) is 22. The monoisotopic (exact) mass is 1870 g/mol. The first-order valence-electron chi connectivity index (χ1n) is 44.9. The second-order valence-corrected chi connectivity index (χ2v) is 34.0. The summed E-state index contributed by atoms with van der Waals surface area (Å²) >= 11 is 0. The van der Waals surface area contributed by atoms with E-state index in [-0.39, 0.29) is 145 Å². The van der Waals surface area contributed by atoms with Gasteiger partial charge in [-0.15, -0.1) is 0 Å². The summed E-state index contributed by atoms with van der Waals surface area (Å²) in [5.74, 6) is -14.4. The average Bonchev–Trinajstić information content (AvgIpc) is 1.69. The van der Waals surface area contributed by atoms with Crippen molar-refractivity contribution in [3.8, 4) is 5.75 Å². The van der Waals surface area contributed by atoms with E-state index in [9.17, 15) is 63.5 Å². The van der Waals surface area contributed by atoms with Gasteiger partial charge in [0.25, 0.3) is 0 Å². The standard InChI is InChI=1S/C89H118N26O20/c1-4-5-17-60(79(122)110-68(88(131)132)39-49-24-26-53(116)27-25-49)105-85(128)71-23-14-37-114(71)87(130)64(30-33-73(92)118)102-74(119)46-100-84(127)70-22-13-36-113(70)86(129)63(21-12-35-97-89(93)94)106-81(124)65(38-48(2)3)108-80(123)62(29-32-72(91)117)104-78(121)61(20-10-11-34-96-59-28-31-69(115(133)134)76-75(59)111-135-112-76)103-82(125)66(41-51-44-99-58-19-9-7-16-55(51)58)109-83(126)67(42-52-45-95-47-101-52)107-77(120)56(90)40-50-43-98-57-18-8-6-15-54(50)57/h6-9,15-16,18-19,24-28,31,43-45,47-48,56,60-68,70-71,96,98-99,116H,4-5,10-14,17,20-23,29-30,32-42,46,90H2,1-3H3,(H2,91,117)(H2,92,118)(H,95,101)(H,100,127)(H,102,119)(H,103,125)(H,104,121)(H,105,128)(H,106,124)(H,107,120)(H,108,123)(H,109,126)(H,110,122)(H,131,132)(H4,93,94,97)/t56-,60-,61-,62-,63-,64-,65-,66-,67-,68-,70-,71-/m0/s1. The van der Waals surface area contributed by atoms with E-state index in [1.165, 1.54) is 58.7 Å². The maximum atomic E-state index is 15.5. The lowest BCUT2D eigenvalue weighted by atomic mass is 10.00. The van der Waals surface area contributed by atoms with Crippen molar-refractivity contribution in [2.24, 2.45) is 28.9 Å². The zero-order valence-electron chi connectivity index (χ0n) is 75.0. The number of imidazole rings is 1. The van der Waals surface area contributed by atoms with Crippen LogP contribution >= 0.6 is 0 Å². The number of likely N-dealkylation sites (tertiary alicyclic amines) is 2. The topological polar surface area (TPSA) is 718 Å². The minimum atomic E-state index is -1.71.